The SMILES string of the molecule is Cc1ccccc1-n1c(C)cc(C(=O)N(C)CC(=O)O)c1C. The van der Waals surface area contributed by atoms with Crippen LogP contribution in [0.3, 0.4) is 0 Å². The van der Waals surface area contributed by atoms with Crippen molar-refractivity contribution in [2.45, 2.75) is 20.8 Å². The van der Waals surface area contributed by atoms with Crippen molar-refractivity contribution in [1.29, 1.82) is 0 Å². The Hall–Kier alpha value is -2.56. The van der Waals surface area contributed by atoms with Gasteiger partial charge in [0.2, 0.25) is 0 Å². The summed E-state index contributed by atoms with van der Waals surface area (Å²) in [5, 5.41) is 8.82. The van der Waals surface area contributed by atoms with E-state index in [0.29, 0.717) is 5.56 Å². The fourth-order valence-electron chi connectivity index (χ4n) is 2.64. The molecular formula is C17H20N2O3. The molecule has 2 rings (SSSR count). The summed E-state index contributed by atoms with van der Waals surface area (Å²) in [6.45, 7) is 5.52. The number of benzene rings is 1. The molecule has 116 valence electrons. The van der Waals surface area contributed by atoms with Crippen LogP contribution in [0.1, 0.15) is 27.3 Å². The number of aromatic nitrogens is 1. The van der Waals surface area contributed by atoms with Gasteiger partial charge in [-0.1, -0.05) is 18.2 Å². The lowest BCUT2D eigenvalue weighted by Crippen LogP contribution is -2.32. The van der Waals surface area contributed by atoms with Gasteiger partial charge in [-0.15, -0.1) is 0 Å². The lowest BCUT2D eigenvalue weighted by atomic mass is 10.2. The molecule has 2 aromatic rings. The zero-order chi connectivity index (χ0) is 16.4. The third kappa shape index (κ3) is 2.88. The van der Waals surface area contributed by atoms with Crippen LogP contribution in [0.4, 0.5) is 0 Å². The highest BCUT2D eigenvalue weighted by Gasteiger charge is 2.21. The van der Waals surface area contributed by atoms with E-state index >= 15 is 0 Å². The van der Waals surface area contributed by atoms with Crippen molar-refractivity contribution in [1.82, 2.24) is 9.47 Å². The number of carbonyl (C=O) groups excluding carboxylic acids is 1. The molecule has 1 N–H and O–H groups in total. The van der Waals surface area contributed by atoms with E-state index in [2.05, 4.69) is 0 Å². The number of amides is 1. The lowest BCUT2D eigenvalue weighted by Gasteiger charge is -2.15. The van der Waals surface area contributed by atoms with Crippen molar-refractivity contribution in [3.63, 3.8) is 0 Å². The van der Waals surface area contributed by atoms with Crippen LogP contribution >= 0.6 is 0 Å². The van der Waals surface area contributed by atoms with Gasteiger partial charge in [-0.25, -0.2) is 0 Å². The molecule has 0 spiro atoms. The van der Waals surface area contributed by atoms with Crippen LogP contribution in [-0.4, -0.2) is 40.0 Å². The first-order valence-electron chi connectivity index (χ1n) is 7.05. The summed E-state index contributed by atoms with van der Waals surface area (Å²) in [5.74, 6) is -1.31. The number of aryl methyl sites for hydroxylation is 2. The zero-order valence-corrected chi connectivity index (χ0v) is 13.3. The molecule has 0 aliphatic rings. The number of carbonyl (C=O) groups is 2. The van der Waals surface area contributed by atoms with E-state index in [4.69, 9.17) is 5.11 Å². The number of carboxylic acid groups (broad SMARTS) is 1. The van der Waals surface area contributed by atoms with E-state index in [1.165, 1.54) is 11.9 Å². The second kappa shape index (κ2) is 6.05. The zero-order valence-electron chi connectivity index (χ0n) is 13.3. The molecule has 0 aliphatic heterocycles. The number of rotatable bonds is 4. The van der Waals surface area contributed by atoms with Crippen molar-refractivity contribution in [3.05, 3.63) is 52.8 Å². The van der Waals surface area contributed by atoms with Gasteiger partial charge in [0.05, 0.1) is 5.56 Å². The highest BCUT2D eigenvalue weighted by atomic mass is 16.4. The summed E-state index contributed by atoms with van der Waals surface area (Å²) in [6, 6.07) is 9.76. The molecule has 1 amide bonds. The molecule has 0 aliphatic carbocycles. The number of nitrogens with zero attached hydrogens (tertiary/aromatic N) is 2. The Morgan fingerprint density at radius 1 is 1.18 bits per heavy atom. The van der Waals surface area contributed by atoms with Crippen LogP contribution in [0.2, 0.25) is 0 Å². The third-order valence-electron chi connectivity index (χ3n) is 3.74. The number of hydrogen-bond donors (Lipinski definition) is 1. The van der Waals surface area contributed by atoms with E-state index in [9.17, 15) is 9.59 Å². The van der Waals surface area contributed by atoms with Gasteiger partial charge in [-0.05, 0) is 38.5 Å². The van der Waals surface area contributed by atoms with Gasteiger partial charge in [-0.2, -0.15) is 0 Å². The van der Waals surface area contributed by atoms with Crippen molar-refractivity contribution >= 4 is 11.9 Å². The molecule has 0 radical (unpaired) electrons. The minimum Gasteiger partial charge on any atom is -0.480 e. The molecule has 0 atom stereocenters. The summed E-state index contributed by atoms with van der Waals surface area (Å²) < 4.78 is 2.02. The van der Waals surface area contributed by atoms with Crippen molar-refractivity contribution in [3.8, 4) is 5.69 Å². The normalized spacial score (nSPS) is 10.5. The summed E-state index contributed by atoms with van der Waals surface area (Å²) >= 11 is 0. The number of aliphatic carboxylic acids is 1. The van der Waals surface area contributed by atoms with Crippen molar-refractivity contribution in [2.24, 2.45) is 0 Å². The quantitative estimate of drug-likeness (QED) is 0.944. The first-order valence-corrected chi connectivity index (χ1v) is 7.05. The monoisotopic (exact) mass is 300 g/mol. The van der Waals surface area contributed by atoms with E-state index in [0.717, 1.165) is 22.6 Å². The Kier molecular flexibility index (Phi) is 4.35. The molecule has 0 saturated heterocycles. The van der Waals surface area contributed by atoms with Gasteiger partial charge < -0.3 is 14.6 Å². The summed E-state index contributed by atoms with van der Waals surface area (Å²) in [7, 11) is 1.50. The van der Waals surface area contributed by atoms with Crippen LogP contribution in [0.25, 0.3) is 5.69 Å². The molecule has 0 unspecified atom stereocenters. The van der Waals surface area contributed by atoms with Gasteiger partial charge >= 0.3 is 5.97 Å². The molecule has 1 heterocycles. The standard InChI is InChI=1S/C17H20N2O3/c1-11-7-5-6-8-15(11)19-12(2)9-14(13(19)3)17(22)18(4)10-16(20)21/h5-9H,10H2,1-4H3,(H,20,21). The van der Waals surface area contributed by atoms with Crippen molar-refractivity contribution in [2.75, 3.05) is 13.6 Å². The van der Waals surface area contributed by atoms with Gasteiger partial charge in [0.1, 0.15) is 6.54 Å². The van der Waals surface area contributed by atoms with Crippen LogP contribution < -0.4 is 0 Å². The van der Waals surface area contributed by atoms with E-state index in [1.54, 1.807) is 0 Å². The Labute approximate surface area is 129 Å². The number of hydrogen-bond acceptors (Lipinski definition) is 2. The molecule has 0 saturated carbocycles. The summed E-state index contributed by atoms with van der Waals surface area (Å²) in [4.78, 5) is 24.4. The highest BCUT2D eigenvalue weighted by molar-refractivity contribution is 5.97. The molecule has 22 heavy (non-hydrogen) atoms. The van der Waals surface area contributed by atoms with Crippen LogP contribution in [0.15, 0.2) is 30.3 Å². The summed E-state index contributed by atoms with van der Waals surface area (Å²) in [5.41, 5.74) is 4.43. The Balaban J connectivity index is 2.46. The minimum absolute atomic E-state index is 0.282. The summed E-state index contributed by atoms with van der Waals surface area (Å²) in [6.07, 6.45) is 0. The van der Waals surface area contributed by atoms with Crippen LogP contribution in [-0.2, 0) is 4.79 Å². The average molecular weight is 300 g/mol. The van der Waals surface area contributed by atoms with E-state index in [-0.39, 0.29) is 12.5 Å². The highest BCUT2D eigenvalue weighted by Crippen LogP contribution is 2.23. The van der Waals surface area contributed by atoms with Crippen LogP contribution in [0.5, 0.6) is 0 Å². The van der Waals surface area contributed by atoms with Gasteiger partial charge in [0.25, 0.3) is 5.91 Å². The van der Waals surface area contributed by atoms with E-state index in [1.807, 2.05) is 55.7 Å². The molecular weight excluding hydrogens is 280 g/mol. The molecule has 5 heteroatoms. The second-order valence-corrected chi connectivity index (χ2v) is 5.46. The van der Waals surface area contributed by atoms with Crippen molar-refractivity contribution < 1.29 is 14.7 Å². The first-order chi connectivity index (χ1) is 10.3. The molecule has 0 bridgehead atoms. The fourth-order valence-corrected chi connectivity index (χ4v) is 2.64. The Morgan fingerprint density at radius 3 is 2.41 bits per heavy atom. The number of para-hydroxylation sites is 1. The minimum atomic E-state index is -1.02. The van der Waals surface area contributed by atoms with Crippen LogP contribution in [0, 0.1) is 20.8 Å². The maximum absolute atomic E-state index is 12.4. The number of carboxylic acids is 1. The molecule has 0 fully saturated rings. The first kappa shape index (κ1) is 15.8. The topological polar surface area (TPSA) is 62.5 Å². The number of likely N-dealkylation sites (N-methyl/N-ethyl adjacent to an activating group) is 1. The predicted octanol–water partition coefficient (Wildman–Crippen LogP) is 2.56. The maximum atomic E-state index is 12.4. The van der Waals surface area contributed by atoms with E-state index < -0.39 is 5.97 Å². The Bertz CT molecular complexity index is 732. The van der Waals surface area contributed by atoms with Gasteiger partial charge in [0, 0.05) is 24.1 Å². The Morgan fingerprint density at radius 2 is 1.82 bits per heavy atom. The predicted molar refractivity (Wildman–Crippen MR) is 84.6 cm³/mol. The molecule has 5 nitrogen and oxygen atoms in total. The maximum Gasteiger partial charge on any atom is 0.323 e. The molecule has 1 aromatic carbocycles. The fraction of sp³-hybridized carbons (Fsp3) is 0.294. The van der Waals surface area contributed by atoms with Gasteiger partial charge in [-0.3, -0.25) is 9.59 Å². The average Bonchev–Trinajstić information content (AvgIpc) is 2.73. The third-order valence-corrected chi connectivity index (χ3v) is 3.74. The lowest BCUT2D eigenvalue weighted by molar-refractivity contribution is -0.137. The molecule has 1 aromatic heterocycles. The smallest absolute Gasteiger partial charge is 0.323 e. The second-order valence-electron chi connectivity index (χ2n) is 5.46. The largest absolute Gasteiger partial charge is 0.480 e. The van der Waals surface area contributed by atoms with Gasteiger partial charge in [0.15, 0.2) is 0 Å².